The summed E-state index contributed by atoms with van der Waals surface area (Å²) in [5.41, 5.74) is 2.84. The molecular formula is C21H22N6O2. The topological polar surface area (TPSA) is 105 Å². The molecule has 1 aromatic carbocycles. The standard InChI is InChI=1S/C21H22N6O2/c1-14-18(20(29)24-16-9-5-11-22-13-16)19(15-7-3-2-4-8-15)27-21(23-14)25-17(26-27)10-6-12-28/h2-5,7-9,11,13,19,28H,6,10,12H2,1H3,(H,24,29)(H,23,25,26)/t19-/m0/s1. The summed E-state index contributed by atoms with van der Waals surface area (Å²) in [6.07, 6.45) is 4.41. The van der Waals surface area contributed by atoms with Gasteiger partial charge in [0.1, 0.15) is 6.04 Å². The fourth-order valence-corrected chi connectivity index (χ4v) is 3.41. The van der Waals surface area contributed by atoms with Gasteiger partial charge in [-0.2, -0.15) is 10.1 Å². The molecule has 0 spiro atoms. The van der Waals surface area contributed by atoms with Crippen molar-refractivity contribution in [1.82, 2.24) is 19.7 Å². The van der Waals surface area contributed by atoms with E-state index in [0.717, 1.165) is 5.56 Å². The van der Waals surface area contributed by atoms with Crippen LogP contribution in [0.2, 0.25) is 0 Å². The highest BCUT2D eigenvalue weighted by Crippen LogP contribution is 2.35. The number of aryl methyl sites for hydroxylation is 1. The molecule has 0 saturated carbocycles. The Balaban J connectivity index is 1.74. The predicted molar refractivity (Wildman–Crippen MR) is 109 cm³/mol. The van der Waals surface area contributed by atoms with Gasteiger partial charge in [0.15, 0.2) is 5.82 Å². The molecule has 8 nitrogen and oxygen atoms in total. The molecule has 1 aliphatic heterocycles. The number of fused-ring (bicyclic) bond motifs is 1. The van der Waals surface area contributed by atoms with Crippen LogP contribution in [-0.4, -0.2) is 37.4 Å². The van der Waals surface area contributed by atoms with Crippen LogP contribution in [0.25, 0.3) is 0 Å². The van der Waals surface area contributed by atoms with Gasteiger partial charge < -0.3 is 15.7 Å². The monoisotopic (exact) mass is 390 g/mol. The predicted octanol–water partition coefficient (Wildman–Crippen LogP) is 2.53. The molecule has 0 aliphatic carbocycles. The highest BCUT2D eigenvalue weighted by atomic mass is 16.3. The normalized spacial score (nSPS) is 15.6. The fourth-order valence-electron chi connectivity index (χ4n) is 3.41. The van der Waals surface area contributed by atoms with E-state index in [1.54, 1.807) is 29.2 Å². The second-order valence-corrected chi connectivity index (χ2v) is 6.80. The van der Waals surface area contributed by atoms with Crippen molar-refractivity contribution in [2.75, 3.05) is 17.2 Å². The van der Waals surface area contributed by atoms with E-state index in [9.17, 15) is 4.79 Å². The van der Waals surface area contributed by atoms with Crippen molar-refractivity contribution in [2.45, 2.75) is 25.8 Å². The van der Waals surface area contributed by atoms with Gasteiger partial charge in [-0.3, -0.25) is 9.78 Å². The minimum atomic E-state index is -0.417. The Kier molecular flexibility index (Phi) is 5.35. The largest absolute Gasteiger partial charge is 0.396 e. The molecule has 29 heavy (non-hydrogen) atoms. The van der Waals surface area contributed by atoms with E-state index in [2.05, 4.69) is 25.7 Å². The minimum absolute atomic E-state index is 0.0788. The molecule has 1 amide bonds. The summed E-state index contributed by atoms with van der Waals surface area (Å²) >= 11 is 0. The number of allylic oxidation sites excluding steroid dienone is 1. The number of carbonyl (C=O) groups is 1. The maximum Gasteiger partial charge on any atom is 0.255 e. The van der Waals surface area contributed by atoms with Crippen LogP contribution in [0.15, 0.2) is 66.1 Å². The van der Waals surface area contributed by atoms with Gasteiger partial charge >= 0.3 is 0 Å². The third-order valence-electron chi connectivity index (χ3n) is 4.73. The highest BCUT2D eigenvalue weighted by molar-refractivity contribution is 6.05. The summed E-state index contributed by atoms with van der Waals surface area (Å²) in [6, 6.07) is 12.9. The first-order valence-electron chi connectivity index (χ1n) is 9.47. The molecule has 0 radical (unpaired) electrons. The SMILES string of the molecule is CC1=C(C(=O)Nc2cccnc2)[C@H](c2ccccc2)n2nc(CCCO)nc2N1. The number of anilines is 2. The molecule has 4 rings (SSSR count). The average molecular weight is 390 g/mol. The van der Waals surface area contributed by atoms with Gasteiger partial charge in [0, 0.05) is 24.9 Å². The van der Waals surface area contributed by atoms with E-state index in [4.69, 9.17) is 5.11 Å². The zero-order valence-electron chi connectivity index (χ0n) is 16.0. The fraction of sp³-hybridized carbons (Fsp3) is 0.238. The van der Waals surface area contributed by atoms with Gasteiger partial charge in [-0.1, -0.05) is 30.3 Å². The van der Waals surface area contributed by atoms with Crippen molar-refractivity contribution in [1.29, 1.82) is 0 Å². The Bertz CT molecular complexity index is 1030. The maximum absolute atomic E-state index is 13.2. The second-order valence-electron chi connectivity index (χ2n) is 6.80. The summed E-state index contributed by atoms with van der Waals surface area (Å²) in [6.45, 7) is 1.94. The lowest BCUT2D eigenvalue weighted by Crippen LogP contribution is -2.31. The third-order valence-corrected chi connectivity index (χ3v) is 4.73. The molecule has 3 heterocycles. The Morgan fingerprint density at radius 2 is 2.07 bits per heavy atom. The van der Waals surface area contributed by atoms with Crippen LogP contribution in [0.4, 0.5) is 11.6 Å². The number of nitrogens with one attached hydrogen (secondary N) is 2. The summed E-state index contributed by atoms with van der Waals surface area (Å²) in [5.74, 6) is 0.987. The Labute approximate surface area is 168 Å². The number of benzene rings is 1. The molecule has 3 N–H and O–H groups in total. The molecule has 1 atom stereocenters. The lowest BCUT2D eigenvalue weighted by molar-refractivity contribution is -0.113. The van der Waals surface area contributed by atoms with E-state index in [1.165, 1.54) is 0 Å². The third kappa shape index (κ3) is 3.88. The second kappa shape index (κ2) is 8.24. The first-order chi connectivity index (χ1) is 14.2. The van der Waals surface area contributed by atoms with E-state index < -0.39 is 6.04 Å². The van der Waals surface area contributed by atoms with Crippen LogP contribution in [0.3, 0.4) is 0 Å². The average Bonchev–Trinajstić information content (AvgIpc) is 3.14. The molecule has 8 heteroatoms. The first kappa shape index (κ1) is 18.8. The number of rotatable bonds is 6. The number of aliphatic hydroxyl groups excluding tert-OH is 1. The van der Waals surface area contributed by atoms with Crippen molar-refractivity contribution in [3.8, 4) is 0 Å². The number of aromatic nitrogens is 4. The Hall–Kier alpha value is -3.52. The maximum atomic E-state index is 13.2. The zero-order chi connectivity index (χ0) is 20.2. The lowest BCUT2D eigenvalue weighted by atomic mass is 9.95. The van der Waals surface area contributed by atoms with Crippen molar-refractivity contribution in [3.63, 3.8) is 0 Å². The van der Waals surface area contributed by atoms with Gasteiger partial charge in [0.05, 0.1) is 17.5 Å². The van der Waals surface area contributed by atoms with Gasteiger partial charge in [0.25, 0.3) is 5.91 Å². The molecule has 0 fully saturated rings. The van der Waals surface area contributed by atoms with Gasteiger partial charge in [0.2, 0.25) is 5.95 Å². The molecule has 2 aromatic heterocycles. The molecule has 0 bridgehead atoms. The number of amides is 1. The van der Waals surface area contributed by atoms with Crippen molar-refractivity contribution >= 4 is 17.5 Å². The molecule has 1 aliphatic rings. The molecule has 148 valence electrons. The molecule has 0 unspecified atom stereocenters. The van der Waals surface area contributed by atoms with Crippen LogP contribution in [0.1, 0.15) is 30.8 Å². The lowest BCUT2D eigenvalue weighted by Gasteiger charge is -2.28. The van der Waals surface area contributed by atoms with Crippen LogP contribution in [0, 0.1) is 0 Å². The van der Waals surface area contributed by atoms with Crippen LogP contribution in [0.5, 0.6) is 0 Å². The summed E-state index contributed by atoms with van der Waals surface area (Å²) < 4.78 is 1.74. The first-order valence-corrected chi connectivity index (χ1v) is 9.47. The van der Waals surface area contributed by atoms with Crippen molar-refractivity contribution < 1.29 is 9.90 Å². The number of pyridine rings is 1. The Morgan fingerprint density at radius 1 is 1.24 bits per heavy atom. The smallest absolute Gasteiger partial charge is 0.255 e. The minimum Gasteiger partial charge on any atom is -0.396 e. The number of aliphatic hydroxyl groups is 1. The molecule has 0 saturated heterocycles. The molecular weight excluding hydrogens is 368 g/mol. The van der Waals surface area contributed by atoms with Crippen molar-refractivity contribution in [3.05, 3.63) is 77.5 Å². The van der Waals surface area contributed by atoms with Gasteiger partial charge in [-0.05, 0) is 31.0 Å². The van der Waals surface area contributed by atoms with Crippen LogP contribution >= 0.6 is 0 Å². The highest BCUT2D eigenvalue weighted by Gasteiger charge is 2.34. The summed E-state index contributed by atoms with van der Waals surface area (Å²) in [5, 5.41) is 19.9. The van der Waals surface area contributed by atoms with Crippen LogP contribution < -0.4 is 10.6 Å². The number of nitrogens with zero attached hydrogens (tertiary/aromatic N) is 4. The number of hydrogen-bond acceptors (Lipinski definition) is 6. The van der Waals surface area contributed by atoms with E-state index in [1.807, 2.05) is 37.3 Å². The summed E-state index contributed by atoms with van der Waals surface area (Å²) in [4.78, 5) is 21.8. The van der Waals surface area contributed by atoms with Crippen molar-refractivity contribution in [2.24, 2.45) is 0 Å². The van der Waals surface area contributed by atoms with E-state index in [0.29, 0.717) is 41.6 Å². The van der Waals surface area contributed by atoms with E-state index in [-0.39, 0.29) is 12.5 Å². The number of carbonyl (C=O) groups excluding carboxylic acids is 1. The zero-order valence-corrected chi connectivity index (χ0v) is 16.0. The quantitative estimate of drug-likeness (QED) is 0.597. The van der Waals surface area contributed by atoms with Gasteiger partial charge in [-0.15, -0.1) is 0 Å². The van der Waals surface area contributed by atoms with Gasteiger partial charge in [-0.25, -0.2) is 4.68 Å². The molecule has 3 aromatic rings. The van der Waals surface area contributed by atoms with E-state index >= 15 is 0 Å². The Morgan fingerprint density at radius 3 is 2.79 bits per heavy atom. The van der Waals surface area contributed by atoms with Crippen LogP contribution in [-0.2, 0) is 11.2 Å². The number of hydrogen-bond donors (Lipinski definition) is 3. The summed E-state index contributed by atoms with van der Waals surface area (Å²) in [7, 11) is 0.